The highest BCUT2D eigenvalue weighted by molar-refractivity contribution is 7.10. The molecule has 0 saturated heterocycles. The molecule has 0 spiro atoms. The van der Waals surface area contributed by atoms with Gasteiger partial charge in [-0.3, -0.25) is 10.1 Å². The lowest BCUT2D eigenvalue weighted by Gasteiger charge is -2.07. The van der Waals surface area contributed by atoms with Crippen molar-refractivity contribution in [1.82, 2.24) is 14.3 Å². The number of aromatic nitrogens is 3. The van der Waals surface area contributed by atoms with Gasteiger partial charge < -0.3 is 9.47 Å². The van der Waals surface area contributed by atoms with Crippen molar-refractivity contribution in [3.63, 3.8) is 0 Å². The van der Waals surface area contributed by atoms with Gasteiger partial charge in [-0.15, -0.1) is 0 Å². The Morgan fingerprint density at radius 1 is 1.00 bits per heavy atom. The number of nitrogens with zero attached hydrogens (tertiary/aromatic N) is 3. The van der Waals surface area contributed by atoms with Gasteiger partial charge in [-0.2, -0.15) is 9.36 Å². The number of hydrogen-bond donors (Lipinski definition) is 1. The number of anilines is 1. The molecule has 7 nitrogen and oxygen atoms in total. The number of ether oxygens (including phenoxy) is 2. The summed E-state index contributed by atoms with van der Waals surface area (Å²) in [5.41, 5.74) is 1.05. The van der Waals surface area contributed by atoms with Crippen LogP contribution in [-0.4, -0.2) is 34.5 Å². The number of methoxy groups -OCH3 is 2. The maximum atomic E-state index is 12.7. The van der Waals surface area contributed by atoms with E-state index < -0.39 is 0 Å². The van der Waals surface area contributed by atoms with Crippen LogP contribution in [0.3, 0.4) is 0 Å². The Kier molecular flexibility index (Phi) is 4.86. The molecule has 1 amide bonds. The second-order valence-corrected chi connectivity index (χ2v) is 6.60. The highest BCUT2D eigenvalue weighted by Crippen LogP contribution is 2.26. The third kappa shape index (κ3) is 3.49. The molecule has 4 rings (SSSR count). The molecule has 2 heterocycles. The summed E-state index contributed by atoms with van der Waals surface area (Å²) in [6.07, 6.45) is 0. The topological polar surface area (TPSA) is 86.2 Å². The van der Waals surface area contributed by atoms with E-state index >= 15 is 0 Å². The number of pyridine rings is 1. The van der Waals surface area contributed by atoms with Crippen molar-refractivity contribution >= 4 is 33.3 Å². The average molecular weight is 392 g/mol. The minimum Gasteiger partial charge on any atom is -0.497 e. The van der Waals surface area contributed by atoms with Crippen LogP contribution in [0, 0.1) is 0 Å². The van der Waals surface area contributed by atoms with Crippen molar-refractivity contribution in [3.8, 4) is 23.0 Å². The Balaban J connectivity index is 1.59. The second kappa shape index (κ2) is 7.61. The third-order valence-corrected chi connectivity index (χ3v) is 4.74. The summed E-state index contributed by atoms with van der Waals surface area (Å²) in [4.78, 5) is 21.4. The molecule has 0 atom stereocenters. The Morgan fingerprint density at radius 2 is 1.86 bits per heavy atom. The van der Waals surface area contributed by atoms with Crippen LogP contribution < -0.4 is 14.8 Å². The number of fused-ring (bicyclic) bond motifs is 1. The molecule has 0 radical (unpaired) electrons. The lowest BCUT2D eigenvalue weighted by Crippen LogP contribution is -2.14. The Hall–Kier alpha value is -3.52. The van der Waals surface area contributed by atoms with Crippen LogP contribution in [0.15, 0.2) is 54.6 Å². The van der Waals surface area contributed by atoms with Gasteiger partial charge in [0.15, 0.2) is 5.82 Å². The summed E-state index contributed by atoms with van der Waals surface area (Å²) in [7, 11) is 3.13. The summed E-state index contributed by atoms with van der Waals surface area (Å²) in [6, 6.07) is 16.7. The maximum Gasteiger partial charge on any atom is 0.276 e. The van der Waals surface area contributed by atoms with Gasteiger partial charge in [0.25, 0.3) is 5.91 Å². The summed E-state index contributed by atoms with van der Waals surface area (Å²) >= 11 is 1.10. The first kappa shape index (κ1) is 17.9. The van der Waals surface area contributed by atoms with Gasteiger partial charge in [-0.05, 0) is 29.7 Å². The largest absolute Gasteiger partial charge is 0.497 e. The van der Waals surface area contributed by atoms with Crippen LogP contribution in [0.25, 0.3) is 22.2 Å². The molecule has 0 aliphatic carbocycles. The van der Waals surface area contributed by atoms with Crippen molar-refractivity contribution in [1.29, 1.82) is 0 Å². The van der Waals surface area contributed by atoms with E-state index in [-0.39, 0.29) is 11.6 Å². The first-order valence-electron chi connectivity index (χ1n) is 8.41. The van der Waals surface area contributed by atoms with Gasteiger partial charge >= 0.3 is 0 Å². The van der Waals surface area contributed by atoms with Crippen LogP contribution in [0.2, 0.25) is 0 Å². The number of benzene rings is 2. The lowest BCUT2D eigenvalue weighted by molar-refractivity contribution is 0.102. The van der Waals surface area contributed by atoms with E-state index in [1.807, 2.05) is 48.5 Å². The molecule has 0 aliphatic rings. The molecule has 28 heavy (non-hydrogen) atoms. The van der Waals surface area contributed by atoms with Crippen LogP contribution in [0.1, 0.15) is 10.5 Å². The molecule has 0 unspecified atom stereocenters. The van der Waals surface area contributed by atoms with E-state index in [0.717, 1.165) is 27.9 Å². The van der Waals surface area contributed by atoms with Crippen molar-refractivity contribution < 1.29 is 14.3 Å². The monoisotopic (exact) mass is 392 g/mol. The Bertz CT molecular complexity index is 1160. The van der Waals surface area contributed by atoms with E-state index in [1.54, 1.807) is 13.2 Å². The molecule has 0 aliphatic heterocycles. The Morgan fingerprint density at radius 3 is 2.68 bits per heavy atom. The highest BCUT2D eigenvalue weighted by atomic mass is 32.1. The molecule has 140 valence electrons. The fourth-order valence-corrected chi connectivity index (χ4v) is 3.34. The second-order valence-electron chi connectivity index (χ2n) is 5.85. The van der Waals surface area contributed by atoms with Gasteiger partial charge in [-0.25, -0.2) is 4.98 Å². The summed E-state index contributed by atoms with van der Waals surface area (Å²) in [5, 5.41) is 4.85. The zero-order valence-corrected chi connectivity index (χ0v) is 16.0. The molecule has 8 heteroatoms. The van der Waals surface area contributed by atoms with Crippen molar-refractivity contribution in [2.45, 2.75) is 0 Å². The molecular formula is C20H16N4O3S. The van der Waals surface area contributed by atoms with Gasteiger partial charge in [0, 0.05) is 22.5 Å². The fourth-order valence-electron chi connectivity index (χ4n) is 2.75. The predicted octanol–water partition coefficient (Wildman–Crippen LogP) is 4.02. The Labute approximate surface area is 165 Å². The van der Waals surface area contributed by atoms with Gasteiger partial charge in [0.2, 0.25) is 11.0 Å². The van der Waals surface area contributed by atoms with Crippen molar-refractivity contribution in [2.24, 2.45) is 0 Å². The standard InChI is InChI=1S/C20H16N4O3S/c1-26-14-8-5-7-13(10-14)17-22-20(28-24-17)23-18(25)16-11-12-6-3-4-9-15(12)19(21-16)27-2/h3-11H,1-2H3,(H,22,23,24,25). The SMILES string of the molecule is COc1cccc(-c2nsc(NC(=O)c3cc4ccccc4c(OC)n3)n2)c1. The quantitative estimate of drug-likeness (QED) is 0.552. The molecule has 0 fully saturated rings. The number of hydrogen-bond acceptors (Lipinski definition) is 7. The van der Waals surface area contributed by atoms with Gasteiger partial charge in [0.05, 0.1) is 14.2 Å². The van der Waals surface area contributed by atoms with E-state index in [4.69, 9.17) is 9.47 Å². The lowest BCUT2D eigenvalue weighted by atomic mass is 10.1. The van der Waals surface area contributed by atoms with Crippen molar-refractivity contribution in [3.05, 3.63) is 60.3 Å². The highest BCUT2D eigenvalue weighted by Gasteiger charge is 2.15. The molecule has 0 bridgehead atoms. The summed E-state index contributed by atoms with van der Waals surface area (Å²) in [5.74, 6) is 1.25. The fraction of sp³-hybridized carbons (Fsp3) is 0.100. The third-order valence-electron chi connectivity index (χ3n) is 4.11. The zero-order valence-electron chi connectivity index (χ0n) is 15.2. The normalized spacial score (nSPS) is 10.6. The molecule has 0 saturated carbocycles. The predicted molar refractivity (Wildman–Crippen MR) is 108 cm³/mol. The molecule has 4 aromatic rings. The van der Waals surface area contributed by atoms with E-state index in [1.165, 1.54) is 7.11 Å². The molecule has 2 aromatic carbocycles. The van der Waals surface area contributed by atoms with E-state index in [0.29, 0.717) is 22.6 Å². The minimum atomic E-state index is -0.377. The number of nitrogens with one attached hydrogen (secondary N) is 1. The first-order chi connectivity index (χ1) is 13.7. The van der Waals surface area contributed by atoms with Gasteiger partial charge in [-0.1, -0.05) is 30.3 Å². The first-order valence-corrected chi connectivity index (χ1v) is 9.18. The minimum absolute atomic E-state index is 0.244. The van der Waals surface area contributed by atoms with Crippen LogP contribution >= 0.6 is 11.5 Å². The van der Waals surface area contributed by atoms with Gasteiger partial charge in [0.1, 0.15) is 11.4 Å². The molecular weight excluding hydrogens is 376 g/mol. The molecule has 1 N–H and O–H groups in total. The smallest absolute Gasteiger partial charge is 0.276 e. The zero-order chi connectivity index (χ0) is 19.5. The van der Waals surface area contributed by atoms with Crippen LogP contribution in [-0.2, 0) is 0 Å². The van der Waals surface area contributed by atoms with Crippen molar-refractivity contribution in [2.75, 3.05) is 19.5 Å². The average Bonchev–Trinajstić information content (AvgIpc) is 3.21. The number of amides is 1. The van der Waals surface area contributed by atoms with E-state index in [2.05, 4.69) is 19.7 Å². The summed E-state index contributed by atoms with van der Waals surface area (Å²) < 4.78 is 14.9. The number of carbonyl (C=O) groups is 1. The number of carbonyl (C=O) groups excluding carboxylic acids is 1. The van der Waals surface area contributed by atoms with Crippen LogP contribution in [0.4, 0.5) is 5.13 Å². The number of rotatable bonds is 5. The summed E-state index contributed by atoms with van der Waals surface area (Å²) in [6.45, 7) is 0. The van der Waals surface area contributed by atoms with E-state index in [9.17, 15) is 4.79 Å². The maximum absolute atomic E-state index is 12.7. The molecule has 2 aromatic heterocycles. The van der Waals surface area contributed by atoms with Crippen LogP contribution in [0.5, 0.6) is 11.6 Å².